The minimum Gasteiger partial charge on any atom is -0.372 e. The van der Waals surface area contributed by atoms with Crippen LogP contribution >= 0.6 is 0 Å². The standard InChI is InChI=1S/C18H30N4O2S/c1-16-8-10-20(11-9-16)17-4-6-18(7-5-17)21-12-14-22(15-13-21)25(23,24)19(2)3/h4-7,16H,8-15H2,1-3H3. The van der Waals surface area contributed by atoms with Gasteiger partial charge in [0.05, 0.1) is 0 Å². The van der Waals surface area contributed by atoms with E-state index < -0.39 is 10.2 Å². The minimum absolute atomic E-state index is 0.534. The molecule has 0 saturated carbocycles. The molecule has 3 rings (SSSR count). The third-order valence-electron chi connectivity index (χ3n) is 5.39. The van der Waals surface area contributed by atoms with Crippen LogP contribution in [-0.2, 0) is 10.2 Å². The molecule has 2 fully saturated rings. The molecule has 25 heavy (non-hydrogen) atoms. The first kappa shape index (κ1) is 18.5. The molecular weight excluding hydrogens is 336 g/mol. The van der Waals surface area contributed by atoms with Crippen molar-refractivity contribution in [1.82, 2.24) is 8.61 Å². The summed E-state index contributed by atoms with van der Waals surface area (Å²) in [7, 11) is -0.128. The van der Waals surface area contributed by atoms with Gasteiger partial charge in [0.1, 0.15) is 0 Å². The zero-order chi connectivity index (χ0) is 18.0. The van der Waals surface area contributed by atoms with Crippen molar-refractivity contribution >= 4 is 21.6 Å². The van der Waals surface area contributed by atoms with Crippen molar-refractivity contribution < 1.29 is 8.42 Å². The van der Waals surface area contributed by atoms with Crippen LogP contribution in [0.2, 0.25) is 0 Å². The fraction of sp³-hybridized carbons (Fsp3) is 0.667. The van der Waals surface area contributed by atoms with E-state index in [0.29, 0.717) is 13.1 Å². The van der Waals surface area contributed by atoms with E-state index in [1.54, 1.807) is 18.4 Å². The monoisotopic (exact) mass is 366 g/mol. The molecule has 2 saturated heterocycles. The normalized spacial score (nSPS) is 21.1. The number of piperidine rings is 1. The molecule has 0 amide bonds. The lowest BCUT2D eigenvalue weighted by Gasteiger charge is -2.37. The second-order valence-electron chi connectivity index (χ2n) is 7.36. The maximum absolute atomic E-state index is 12.2. The molecule has 0 aromatic heterocycles. The summed E-state index contributed by atoms with van der Waals surface area (Å²) in [6.45, 7) is 7.14. The largest absolute Gasteiger partial charge is 0.372 e. The van der Waals surface area contributed by atoms with Crippen LogP contribution in [0.4, 0.5) is 11.4 Å². The Balaban J connectivity index is 1.59. The van der Waals surface area contributed by atoms with Crippen LogP contribution in [0, 0.1) is 5.92 Å². The van der Waals surface area contributed by atoms with Gasteiger partial charge in [-0.2, -0.15) is 17.0 Å². The average Bonchev–Trinajstić information content (AvgIpc) is 2.62. The third kappa shape index (κ3) is 4.10. The Morgan fingerprint density at radius 1 is 0.840 bits per heavy atom. The highest BCUT2D eigenvalue weighted by Gasteiger charge is 2.28. The van der Waals surface area contributed by atoms with Crippen molar-refractivity contribution in [2.24, 2.45) is 5.92 Å². The Morgan fingerprint density at radius 2 is 1.28 bits per heavy atom. The van der Waals surface area contributed by atoms with E-state index in [9.17, 15) is 8.42 Å². The summed E-state index contributed by atoms with van der Waals surface area (Å²) in [5.74, 6) is 0.838. The number of nitrogens with zero attached hydrogens (tertiary/aromatic N) is 4. The van der Waals surface area contributed by atoms with Gasteiger partial charge in [-0.3, -0.25) is 0 Å². The third-order valence-corrected chi connectivity index (χ3v) is 7.33. The van der Waals surface area contributed by atoms with E-state index in [1.165, 1.54) is 28.5 Å². The molecule has 6 nitrogen and oxygen atoms in total. The lowest BCUT2D eigenvalue weighted by molar-refractivity contribution is 0.355. The van der Waals surface area contributed by atoms with Crippen molar-refractivity contribution in [1.29, 1.82) is 0 Å². The van der Waals surface area contributed by atoms with Crippen molar-refractivity contribution in [3.8, 4) is 0 Å². The summed E-state index contributed by atoms with van der Waals surface area (Å²) in [6, 6.07) is 8.75. The Labute approximate surface area is 152 Å². The van der Waals surface area contributed by atoms with Crippen molar-refractivity contribution in [2.75, 3.05) is 63.2 Å². The summed E-state index contributed by atoms with van der Waals surface area (Å²) >= 11 is 0. The maximum Gasteiger partial charge on any atom is 0.281 e. The van der Waals surface area contributed by atoms with Crippen LogP contribution in [0.5, 0.6) is 0 Å². The Hall–Kier alpha value is -1.31. The van der Waals surface area contributed by atoms with Gasteiger partial charge in [-0.25, -0.2) is 0 Å². The SMILES string of the molecule is CC1CCN(c2ccc(N3CCN(S(=O)(=O)N(C)C)CC3)cc2)CC1. The van der Waals surface area contributed by atoms with Gasteiger partial charge in [-0.15, -0.1) is 0 Å². The van der Waals surface area contributed by atoms with Crippen molar-refractivity contribution in [2.45, 2.75) is 19.8 Å². The van der Waals surface area contributed by atoms with E-state index >= 15 is 0 Å². The fourth-order valence-corrected chi connectivity index (χ4v) is 4.64. The van der Waals surface area contributed by atoms with Crippen LogP contribution in [0.3, 0.4) is 0 Å². The second-order valence-corrected chi connectivity index (χ2v) is 9.50. The molecule has 0 aliphatic carbocycles. The summed E-state index contributed by atoms with van der Waals surface area (Å²) in [5, 5.41) is 0. The highest BCUT2D eigenvalue weighted by molar-refractivity contribution is 7.86. The first-order chi connectivity index (χ1) is 11.9. The lowest BCUT2D eigenvalue weighted by Crippen LogP contribution is -2.51. The topological polar surface area (TPSA) is 47.1 Å². The summed E-state index contributed by atoms with van der Waals surface area (Å²) in [5.41, 5.74) is 2.47. The molecule has 1 aromatic carbocycles. The van der Waals surface area contributed by atoms with Gasteiger partial charge < -0.3 is 9.80 Å². The molecule has 140 valence electrons. The summed E-state index contributed by atoms with van der Waals surface area (Å²) in [4.78, 5) is 4.73. The van der Waals surface area contributed by atoms with Gasteiger partial charge in [-0.05, 0) is 43.0 Å². The maximum atomic E-state index is 12.2. The lowest BCUT2D eigenvalue weighted by atomic mass is 9.99. The number of anilines is 2. The van der Waals surface area contributed by atoms with Crippen LogP contribution in [0.1, 0.15) is 19.8 Å². The molecule has 1 aromatic rings. The smallest absolute Gasteiger partial charge is 0.281 e. The molecule has 0 bridgehead atoms. The molecular formula is C18H30N4O2S. The highest BCUT2D eigenvalue weighted by atomic mass is 32.2. The molecule has 0 unspecified atom stereocenters. The number of hydrogen-bond donors (Lipinski definition) is 0. The van der Waals surface area contributed by atoms with Crippen LogP contribution < -0.4 is 9.80 Å². The predicted molar refractivity (Wildman–Crippen MR) is 103 cm³/mol. The van der Waals surface area contributed by atoms with E-state index in [1.807, 2.05) is 0 Å². The van der Waals surface area contributed by atoms with E-state index in [4.69, 9.17) is 0 Å². The fourth-order valence-electron chi connectivity index (χ4n) is 3.55. The first-order valence-corrected chi connectivity index (χ1v) is 10.5. The van der Waals surface area contributed by atoms with Crippen molar-refractivity contribution in [3.63, 3.8) is 0 Å². The molecule has 0 radical (unpaired) electrons. The number of benzene rings is 1. The van der Waals surface area contributed by atoms with Crippen molar-refractivity contribution in [3.05, 3.63) is 24.3 Å². The van der Waals surface area contributed by atoms with Gasteiger partial charge in [0, 0.05) is 64.7 Å². The van der Waals surface area contributed by atoms with Gasteiger partial charge in [0.15, 0.2) is 0 Å². The van der Waals surface area contributed by atoms with Gasteiger partial charge in [-0.1, -0.05) is 6.92 Å². The Morgan fingerprint density at radius 3 is 1.72 bits per heavy atom. The van der Waals surface area contributed by atoms with E-state index in [0.717, 1.165) is 32.1 Å². The van der Waals surface area contributed by atoms with Gasteiger partial charge in [0.25, 0.3) is 10.2 Å². The quantitative estimate of drug-likeness (QED) is 0.816. The first-order valence-electron chi connectivity index (χ1n) is 9.15. The number of piperazine rings is 1. The van der Waals surface area contributed by atoms with Gasteiger partial charge in [0.2, 0.25) is 0 Å². The zero-order valence-electron chi connectivity index (χ0n) is 15.6. The van der Waals surface area contributed by atoms with Gasteiger partial charge >= 0.3 is 0 Å². The molecule has 7 heteroatoms. The van der Waals surface area contributed by atoms with Crippen LogP contribution in [0.25, 0.3) is 0 Å². The second kappa shape index (κ2) is 7.51. The molecule has 0 N–H and O–H groups in total. The minimum atomic E-state index is -3.30. The van der Waals surface area contributed by atoms with E-state index in [2.05, 4.69) is 41.0 Å². The molecule has 0 spiro atoms. The highest BCUT2D eigenvalue weighted by Crippen LogP contribution is 2.26. The van der Waals surface area contributed by atoms with Crippen LogP contribution in [-0.4, -0.2) is 70.4 Å². The summed E-state index contributed by atoms with van der Waals surface area (Å²) < 4.78 is 27.2. The Kier molecular flexibility index (Phi) is 5.55. The van der Waals surface area contributed by atoms with Crippen LogP contribution in [0.15, 0.2) is 24.3 Å². The number of rotatable bonds is 4. The molecule has 0 atom stereocenters. The zero-order valence-corrected chi connectivity index (χ0v) is 16.4. The Bertz CT molecular complexity index is 659. The molecule has 2 aliphatic rings. The molecule has 2 aliphatic heterocycles. The molecule has 2 heterocycles. The van der Waals surface area contributed by atoms with E-state index in [-0.39, 0.29) is 0 Å². The number of hydrogen-bond acceptors (Lipinski definition) is 4. The predicted octanol–water partition coefficient (Wildman–Crippen LogP) is 1.85. The average molecular weight is 367 g/mol. The summed E-state index contributed by atoms with van der Waals surface area (Å²) in [6.07, 6.45) is 2.54.